The average molecular weight is 596 g/mol. The van der Waals surface area contributed by atoms with E-state index in [4.69, 9.17) is 9.47 Å². The lowest BCUT2D eigenvalue weighted by Gasteiger charge is -2.33. The van der Waals surface area contributed by atoms with Gasteiger partial charge in [0, 0.05) is 12.1 Å². The summed E-state index contributed by atoms with van der Waals surface area (Å²) in [5, 5.41) is 2.93. The fourth-order valence-electron chi connectivity index (χ4n) is 4.32. The molecule has 9 nitrogen and oxygen atoms in total. The molecular weight excluding hydrogens is 554 g/mol. The molecule has 10 heteroatoms. The summed E-state index contributed by atoms with van der Waals surface area (Å²) >= 11 is 0. The Morgan fingerprint density at radius 3 is 2.26 bits per heavy atom. The standard InChI is InChI=1S/C32H41N3O6S/c1-8-41-29-15-10-9-14-28(29)35(42(38,39)27-18-16-23(2)17-19-27)22-30(36)34(24(3)31(37)33-32(4,5)6)21-25-12-11-13-26(20-25)40-7/h9-20,24H,8,21-22H2,1-7H3,(H,33,37). The highest BCUT2D eigenvalue weighted by Gasteiger charge is 2.34. The van der Waals surface area contributed by atoms with Crippen LogP contribution in [-0.4, -0.2) is 57.0 Å². The van der Waals surface area contributed by atoms with Gasteiger partial charge in [-0.3, -0.25) is 13.9 Å². The minimum atomic E-state index is -4.21. The zero-order valence-electron chi connectivity index (χ0n) is 25.4. The molecule has 0 saturated heterocycles. The average Bonchev–Trinajstić information content (AvgIpc) is 2.94. The van der Waals surface area contributed by atoms with Gasteiger partial charge in [-0.15, -0.1) is 0 Å². The largest absolute Gasteiger partial charge is 0.497 e. The van der Waals surface area contributed by atoms with Crippen molar-refractivity contribution < 1.29 is 27.5 Å². The number of nitrogens with one attached hydrogen (secondary N) is 1. The van der Waals surface area contributed by atoms with Crippen molar-refractivity contribution in [1.29, 1.82) is 0 Å². The molecular formula is C32H41N3O6S. The van der Waals surface area contributed by atoms with E-state index < -0.39 is 34.1 Å². The van der Waals surface area contributed by atoms with Crippen LogP contribution in [0.15, 0.2) is 77.7 Å². The van der Waals surface area contributed by atoms with Crippen molar-refractivity contribution in [3.05, 3.63) is 83.9 Å². The normalized spacial score (nSPS) is 12.3. The number of aryl methyl sites for hydroxylation is 1. The molecule has 226 valence electrons. The lowest BCUT2D eigenvalue weighted by atomic mass is 10.1. The van der Waals surface area contributed by atoms with Crippen molar-refractivity contribution >= 4 is 27.5 Å². The fraction of sp³-hybridized carbons (Fsp3) is 0.375. The fourth-order valence-corrected chi connectivity index (χ4v) is 5.74. The number of carbonyl (C=O) groups is 2. The van der Waals surface area contributed by atoms with Gasteiger partial charge in [-0.1, -0.05) is 42.0 Å². The maximum absolute atomic E-state index is 14.2. The number of methoxy groups -OCH3 is 1. The van der Waals surface area contributed by atoms with Crippen molar-refractivity contribution in [1.82, 2.24) is 10.2 Å². The van der Waals surface area contributed by atoms with Crippen LogP contribution < -0.4 is 19.1 Å². The van der Waals surface area contributed by atoms with E-state index in [0.717, 1.165) is 15.4 Å². The molecule has 3 aromatic rings. The van der Waals surface area contributed by atoms with E-state index in [1.165, 1.54) is 17.0 Å². The Kier molecular flexibility index (Phi) is 10.6. The van der Waals surface area contributed by atoms with Crippen LogP contribution in [0.2, 0.25) is 0 Å². The van der Waals surface area contributed by atoms with Crippen LogP contribution in [0.1, 0.15) is 45.7 Å². The highest BCUT2D eigenvalue weighted by atomic mass is 32.2. The van der Waals surface area contributed by atoms with E-state index in [9.17, 15) is 18.0 Å². The second-order valence-corrected chi connectivity index (χ2v) is 12.9. The molecule has 1 unspecified atom stereocenters. The van der Waals surface area contributed by atoms with Gasteiger partial charge >= 0.3 is 0 Å². The van der Waals surface area contributed by atoms with E-state index in [1.807, 2.05) is 33.8 Å². The van der Waals surface area contributed by atoms with Gasteiger partial charge in [0.1, 0.15) is 24.1 Å². The maximum Gasteiger partial charge on any atom is 0.264 e. The summed E-state index contributed by atoms with van der Waals surface area (Å²) in [5.41, 5.74) is 1.31. The second-order valence-electron chi connectivity index (χ2n) is 11.0. The molecule has 0 aliphatic rings. The Morgan fingerprint density at radius 1 is 0.976 bits per heavy atom. The summed E-state index contributed by atoms with van der Waals surface area (Å²) in [6.07, 6.45) is 0. The number of anilines is 1. The molecule has 2 amide bonds. The summed E-state index contributed by atoms with van der Waals surface area (Å²) in [6.45, 7) is 10.7. The first-order valence-electron chi connectivity index (χ1n) is 13.8. The van der Waals surface area contributed by atoms with Crippen LogP contribution in [0.25, 0.3) is 0 Å². The molecule has 0 fully saturated rings. The zero-order chi connectivity index (χ0) is 31.1. The molecule has 3 rings (SSSR count). The number of carbonyl (C=O) groups excluding carboxylic acids is 2. The van der Waals surface area contributed by atoms with Gasteiger partial charge in [-0.2, -0.15) is 0 Å². The van der Waals surface area contributed by atoms with Crippen molar-refractivity contribution in [2.24, 2.45) is 0 Å². The molecule has 0 aliphatic heterocycles. The van der Waals surface area contributed by atoms with Crippen LogP contribution in [0.3, 0.4) is 0 Å². The van der Waals surface area contributed by atoms with E-state index >= 15 is 0 Å². The minimum Gasteiger partial charge on any atom is -0.497 e. The number of nitrogens with zero attached hydrogens (tertiary/aromatic N) is 2. The summed E-state index contributed by atoms with van der Waals surface area (Å²) in [4.78, 5) is 28.9. The summed E-state index contributed by atoms with van der Waals surface area (Å²) < 4.78 is 40.4. The Balaban J connectivity index is 2.10. The predicted molar refractivity (Wildman–Crippen MR) is 164 cm³/mol. The van der Waals surface area contributed by atoms with Gasteiger partial charge in [-0.25, -0.2) is 8.42 Å². The third-order valence-corrected chi connectivity index (χ3v) is 8.25. The van der Waals surface area contributed by atoms with Crippen LogP contribution in [-0.2, 0) is 26.2 Å². The number of hydrogen-bond acceptors (Lipinski definition) is 6. The molecule has 3 aromatic carbocycles. The summed E-state index contributed by atoms with van der Waals surface area (Å²) in [7, 11) is -2.67. The lowest BCUT2D eigenvalue weighted by Crippen LogP contribution is -2.54. The van der Waals surface area contributed by atoms with Crippen molar-refractivity contribution in [3.63, 3.8) is 0 Å². The Morgan fingerprint density at radius 2 is 1.64 bits per heavy atom. The number of rotatable bonds is 12. The number of hydrogen-bond donors (Lipinski definition) is 1. The first kappa shape index (κ1) is 32.5. The Bertz CT molecular complexity index is 1480. The van der Waals surface area contributed by atoms with Crippen molar-refractivity contribution in [2.75, 3.05) is 24.6 Å². The van der Waals surface area contributed by atoms with Gasteiger partial charge in [0.15, 0.2) is 0 Å². The van der Waals surface area contributed by atoms with E-state index in [-0.39, 0.29) is 23.0 Å². The quantitative estimate of drug-likeness (QED) is 0.318. The maximum atomic E-state index is 14.2. The molecule has 1 atom stereocenters. The van der Waals surface area contributed by atoms with Gasteiger partial charge < -0.3 is 19.7 Å². The van der Waals surface area contributed by atoms with Crippen molar-refractivity contribution in [2.45, 2.75) is 64.6 Å². The molecule has 1 N–H and O–H groups in total. The van der Waals surface area contributed by atoms with Gasteiger partial charge in [0.2, 0.25) is 11.8 Å². The molecule has 0 heterocycles. The topological polar surface area (TPSA) is 105 Å². The Hall–Kier alpha value is -4.05. The van der Waals surface area contributed by atoms with Gasteiger partial charge in [0.25, 0.3) is 10.0 Å². The molecule has 0 aliphatic carbocycles. The van der Waals surface area contributed by atoms with Crippen LogP contribution >= 0.6 is 0 Å². The minimum absolute atomic E-state index is 0.0325. The molecule has 0 radical (unpaired) electrons. The third-order valence-electron chi connectivity index (χ3n) is 6.47. The smallest absolute Gasteiger partial charge is 0.264 e. The number of amides is 2. The van der Waals surface area contributed by atoms with Crippen LogP contribution in [0.5, 0.6) is 11.5 Å². The predicted octanol–water partition coefficient (Wildman–Crippen LogP) is 4.93. The highest BCUT2D eigenvalue weighted by Crippen LogP contribution is 2.33. The first-order valence-corrected chi connectivity index (χ1v) is 15.3. The number of benzene rings is 3. The summed E-state index contributed by atoms with van der Waals surface area (Å²) in [5.74, 6) is 0.0000373. The number of ether oxygens (including phenoxy) is 2. The third kappa shape index (κ3) is 8.25. The van der Waals surface area contributed by atoms with E-state index in [2.05, 4.69) is 5.32 Å². The second kappa shape index (κ2) is 13.7. The van der Waals surface area contributed by atoms with Gasteiger partial charge in [-0.05, 0) is 83.5 Å². The molecule has 0 bridgehead atoms. The van der Waals surface area contributed by atoms with Crippen LogP contribution in [0, 0.1) is 6.92 Å². The summed E-state index contributed by atoms with van der Waals surface area (Å²) in [6, 6.07) is 19.4. The first-order chi connectivity index (χ1) is 19.8. The molecule has 0 saturated carbocycles. The molecule has 42 heavy (non-hydrogen) atoms. The van der Waals surface area contributed by atoms with Crippen molar-refractivity contribution in [3.8, 4) is 11.5 Å². The Labute approximate surface area is 249 Å². The van der Waals surface area contributed by atoms with E-state index in [1.54, 1.807) is 75.6 Å². The number of sulfonamides is 1. The zero-order valence-corrected chi connectivity index (χ0v) is 26.2. The van der Waals surface area contributed by atoms with Gasteiger partial charge in [0.05, 0.1) is 24.3 Å². The molecule has 0 spiro atoms. The van der Waals surface area contributed by atoms with Crippen LogP contribution in [0.4, 0.5) is 5.69 Å². The monoisotopic (exact) mass is 595 g/mol. The lowest BCUT2D eigenvalue weighted by molar-refractivity contribution is -0.140. The SMILES string of the molecule is CCOc1ccccc1N(CC(=O)N(Cc1cccc(OC)c1)C(C)C(=O)NC(C)(C)C)S(=O)(=O)c1ccc(C)cc1. The highest BCUT2D eigenvalue weighted by molar-refractivity contribution is 7.92. The molecule has 0 aromatic heterocycles. The number of para-hydroxylation sites is 2. The van der Waals surface area contributed by atoms with E-state index in [0.29, 0.717) is 18.1 Å².